The topological polar surface area (TPSA) is 186 Å². The largest absolute Gasteiger partial charge is 3.00 e. The van der Waals surface area contributed by atoms with Gasteiger partial charge < -0.3 is 25.3 Å². The summed E-state index contributed by atoms with van der Waals surface area (Å²) in [5.74, 6) is -2.17. The van der Waals surface area contributed by atoms with Crippen molar-refractivity contribution in [1.82, 2.24) is 29.9 Å². The zero-order valence-electron chi connectivity index (χ0n) is 30.9. The first-order chi connectivity index (χ1) is 26.3. The number of carbonyl (C=O) groups is 2. The third kappa shape index (κ3) is 70.0. The molecule has 0 aliphatic carbocycles. The molecule has 6 aromatic rings. The van der Waals surface area contributed by atoms with Gasteiger partial charge in [-0.3, -0.25) is 29.9 Å². The molecule has 0 aliphatic heterocycles. The molecule has 61 heavy (non-hydrogen) atoms. The average molecular weight is 1100 g/mol. The van der Waals surface area contributed by atoms with E-state index in [9.17, 15) is 50.4 Å². The quantitative estimate of drug-likeness (QED) is 0.0918. The summed E-state index contributed by atoms with van der Waals surface area (Å²) < 4.78 is 118. The molecule has 0 saturated heterocycles. The van der Waals surface area contributed by atoms with Gasteiger partial charge in [-0.25, -0.2) is 0 Å². The number of halogens is 12. The van der Waals surface area contributed by atoms with Crippen molar-refractivity contribution in [2.75, 3.05) is 0 Å². The van der Waals surface area contributed by atoms with Gasteiger partial charge in [0.05, 0.1) is 22.8 Å². The summed E-state index contributed by atoms with van der Waals surface area (Å²) in [4.78, 5) is 42.1. The Morgan fingerprint density at radius 3 is 0.607 bits per heavy atom. The van der Waals surface area contributed by atoms with Gasteiger partial charge in [0.1, 0.15) is 0 Å². The normalized spacial score (nSPS) is 11.5. The Kier molecular flexibility index (Phi) is 30.5. The van der Waals surface area contributed by atoms with Crippen molar-refractivity contribution in [3.05, 3.63) is 159 Å². The van der Waals surface area contributed by atoms with Crippen LogP contribution in [0.25, 0.3) is 22.8 Å². The van der Waals surface area contributed by atoms with E-state index in [1.54, 1.807) is 49.6 Å². The van der Waals surface area contributed by atoms with E-state index in [-0.39, 0.29) is 44.4 Å². The summed E-state index contributed by atoms with van der Waals surface area (Å²) in [5.41, 5.74) is 3.66. The first-order valence-electron chi connectivity index (χ1n) is 15.1. The third-order valence-corrected chi connectivity index (χ3v) is 4.32. The summed E-state index contributed by atoms with van der Waals surface area (Å²) >= 11 is 0. The van der Waals surface area contributed by atoms with Crippen molar-refractivity contribution < 1.29 is 115 Å². The van der Waals surface area contributed by atoms with Crippen LogP contribution in [-0.2, 0) is 54.0 Å². The van der Waals surface area contributed by atoms with Crippen molar-refractivity contribution in [3.8, 4) is 22.8 Å². The number of aromatic nitrogens is 6. The van der Waals surface area contributed by atoms with Gasteiger partial charge in [-0.2, -0.15) is 0 Å². The molecule has 6 rings (SSSR count). The van der Waals surface area contributed by atoms with E-state index in [1.165, 1.54) is 0 Å². The van der Waals surface area contributed by atoms with Gasteiger partial charge in [0.25, 0.3) is 0 Å². The van der Waals surface area contributed by atoms with Gasteiger partial charge in [-0.15, -0.1) is 0 Å². The maximum Gasteiger partial charge on any atom is 3.00 e. The van der Waals surface area contributed by atoms with Crippen LogP contribution in [0.5, 0.6) is 0 Å². The smallest absolute Gasteiger partial charge is 2.00 e. The minimum absolute atomic E-state index is 0. The summed E-state index contributed by atoms with van der Waals surface area (Å²) in [7, 11) is -21.3. The molecule has 0 saturated carbocycles. The molecule has 2 radical (unpaired) electrons. The Labute approximate surface area is 366 Å². The van der Waals surface area contributed by atoms with E-state index in [1.807, 2.05) is 109 Å². The molecule has 0 atom stereocenters. The molecule has 338 valence electrons. The molecule has 6 aromatic heterocycles. The molecule has 11 nitrogen and oxygen atoms in total. The fourth-order valence-corrected chi connectivity index (χ4v) is 2.68. The molecule has 0 N–H and O–H groups in total. The Hall–Kier alpha value is -4.93. The van der Waals surface area contributed by atoms with Crippen LogP contribution in [-0.4, -0.2) is 41.8 Å². The Morgan fingerprint density at radius 1 is 0.377 bits per heavy atom. The Morgan fingerprint density at radius 2 is 0.525 bits per heavy atom. The zero-order valence-corrected chi connectivity index (χ0v) is 36.1. The van der Waals surface area contributed by atoms with Gasteiger partial charge in [-0.05, 0) is 86.6 Å². The van der Waals surface area contributed by atoms with Crippen molar-refractivity contribution >= 4 is 27.6 Å². The van der Waals surface area contributed by atoms with E-state index < -0.39 is 27.6 Å². The first-order valence-corrected chi connectivity index (χ1v) is 19.2. The van der Waals surface area contributed by atoms with E-state index in [0.29, 0.717) is 0 Å². The molecule has 0 fully saturated rings. The molecule has 27 heteroatoms. The standard InChI is InChI=1S/2C10H8N2.2C5H5N.2C2H4O2.2F6P.O.2Ru/c2*1-3-7-11-9(5-1)10-6-2-4-8-12-10;2*1-2-4-6-5-3-1;2*1-2(3)4;2*1-7(2,3,4,5)6;;;/h2*1-8H;2*1-5H;2*1H3,(H,3,4);;;;;/q;;;;;;2*-1;-2;2*+3/p-2. The number of carbonyl (C=O) groups excluding carboxylic acids is 2. The van der Waals surface area contributed by atoms with Crippen LogP contribution in [0.4, 0.5) is 50.4 Å². The van der Waals surface area contributed by atoms with Crippen molar-refractivity contribution in [2.24, 2.45) is 0 Å². The monoisotopic (exact) mass is 1100 g/mol. The number of rotatable bonds is 2. The van der Waals surface area contributed by atoms with E-state index in [0.717, 1.165) is 36.6 Å². The molecule has 0 aromatic carbocycles. The summed E-state index contributed by atoms with van der Waals surface area (Å²) in [6, 6.07) is 34.6. The fourth-order valence-electron chi connectivity index (χ4n) is 2.68. The molecule has 0 bridgehead atoms. The number of carboxylic acids is 2. The van der Waals surface area contributed by atoms with E-state index >= 15 is 0 Å². The van der Waals surface area contributed by atoms with Crippen LogP contribution in [0, 0.1) is 0 Å². The summed E-state index contributed by atoms with van der Waals surface area (Å²) in [6.07, 6.45) is 14.1. The van der Waals surface area contributed by atoms with Gasteiger partial charge in [0, 0.05) is 61.5 Å². The van der Waals surface area contributed by atoms with Crippen molar-refractivity contribution in [2.45, 2.75) is 13.8 Å². The van der Waals surface area contributed by atoms with Crippen LogP contribution in [0.2, 0.25) is 0 Å². The van der Waals surface area contributed by atoms with Crippen LogP contribution < -0.4 is 10.2 Å². The van der Waals surface area contributed by atoms with Crippen molar-refractivity contribution in [1.29, 1.82) is 0 Å². The van der Waals surface area contributed by atoms with Gasteiger partial charge >= 0.3 is 105 Å². The molecular weight excluding hydrogens is 1060 g/mol. The van der Waals surface area contributed by atoms with E-state index in [2.05, 4.69) is 29.9 Å². The summed E-state index contributed by atoms with van der Waals surface area (Å²) in [5, 5.41) is 17.8. The van der Waals surface area contributed by atoms with E-state index in [4.69, 9.17) is 19.8 Å². The molecule has 0 spiro atoms. The minimum atomic E-state index is -10.7. The first kappa shape index (κ1) is 65.2. The van der Waals surface area contributed by atoms with Crippen LogP contribution in [0.3, 0.4) is 0 Å². The number of hydrogen-bond donors (Lipinski definition) is 0. The molecule has 0 unspecified atom stereocenters. The van der Waals surface area contributed by atoms with Gasteiger partial charge in [-0.1, -0.05) is 36.4 Å². The molecule has 0 amide bonds. The number of nitrogens with zero attached hydrogens (tertiary/aromatic N) is 6. The minimum Gasteiger partial charge on any atom is -2.00 e. The number of carboxylic acid groups (broad SMARTS) is 2. The van der Waals surface area contributed by atoms with Crippen molar-refractivity contribution in [3.63, 3.8) is 0 Å². The number of pyridine rings is 6. The Bertz CT molecular complexity index is 1680. The second-order valence-electron chi connectivity index (χ2n) is 9.81. The third-order valence-electron chi connectivity index (χ3n) is 4.32. The van der Waals surface area contributed by atoms with Gasteiger partial charge in [0.2, 0.25) is 0 Å². The Balaban J connectivity index is -0.000000201. The predicted molar refractivity (Wildman–Crippen MR) is 193 cm³/mol. The van der Waals surface area contributed by atoms with Crippen LogP contribution in [0.15, 0.2) is 159 Å². The summed E-state index contributed by atoms with van der Waals surface area (Å²) in [6.45, 7) is 1.94. The van der Waals surface area contributed by atoms with Crippen LogP contribution in [0.1, 0.15) is 13.8 Å². The molecule has 0 aliphatic rings. The second kappa shape index (κ2) is 28.6. The second-order valence-corrected chi connectivity index (χ2v) is 13.6. The maximum absolute atomic E-state index is 10.7. The predicted octanol–water partition coefficient (Wildman–Crippen LogP) is 10.6. The number of hydrogen-bond acceptors (Lipinski definition) is 10. The fraction of sp³-hybridized carbons (Fsp3) is 0.0588. The van der Waals surface area contributed by atoms with Crippen LogP contribution >= 0.6 is 15.6 Å². The molecule has 6 heterocycles. The maximum atomic E-state index is 9.87. The number of aliphatic carboxylic acids is 2. The van der Waals surface area contributed by atoms with Gasteiger partial charge in [0.15, 0.2) is 0 Å². The average Bonchev–Trinajstić information content (AvgIpc) is 3.12. The zero-order chi connectivity index (χ0) is 44.9. The SMILES string of the molecule is CC(=O)[O-].CC(=O)[O-].F[P-](F)(F)(F)(F)F.F[P-](F)(F)(F)(F)F.[O-2].[Ru+3].[Ru+3].c1ccc(-c2ccccn2)nc1.c1ccc(-c2ccccn2)nc1.c1ccncc1.c1ccncc1. The molecular formula is C34H32F12N6O5P2Ru2.